The summed E-state index contributed by atoms with van der Waals surface area (Å²) < 4.78 is 5.67. The molecular formula is C12H14O2. The fraction of sp³-hybridized carbons (Fsp3) is 0.417. The molecule has 0 spiro atoms. The van der Waals surface area contributed by atoms with Gasteiger partial charge in [0.15, 0.2) is 5.78 Å². The van der Waals surface area contributed by atoms with E-state index in [0.29, 0.717) is 6.42 Å². The number of carbonyl (C=O) groups excluding carboxylic acids is 1. The Morgan fingerprint density at radius 1 is 1.36 bits per heavy atom. The Morgan fingerprint density at radius 3 is 2.79 bits per heavy atom. The highest BCUT2D eigenvalue weighted by Crippen LogP contribution is 2.31. The Hall–Kier alpha value is -1.31. The van der Waals surface area contributed by atoms with Crippen molar-refractivity contribution in [2.24, 2.45) is 0 Å². The number of rotatable bonds is 0. The molecule has 0 saturated carbocycles. The predicted octanol–water partition coefficient (Wildman–Crippen LogP) is 2.66. The topological polar surface area (TPSA) is 26.3 Å². The number of Topliss-reactive ketones (excluding diaryl/α,β-unsaturated/α-hetero) is 1. The van der Waals surface area contributed by atoms with Crippen molar-refractivity contribution in [1.82, 2.24) is 0 Å². The Morgan fingerprint density at radius 2 is 2.07 bits per heavy atom. The molecule has 2 rings (SSSR count). The lowest BCUT2D eigenvalue weighted by molar-refractivity contribution is 0.0869. The van der Waals surface area contributed by atoms with Gasteiger partial charge >= 0.3 is 0 Å². The monoisotopic (exact) mass is 190 g/mol. The highest BCUT2D eigenvalue weighted by Gasteiger charge is 2.24. The van der Waals surface area contributed by atoms with Gasteiger partial charge in [0.05, 0.1) is 5.56 Å². The van der Waals surface area contributed by atoms with Crippen molar-refractivity contribution < 1.29 is 9.53 Å². The van der Waals surface area contributed by atoms with Crippen LogP contribution in [0.1, 0.15) is 34.8 Å². The van der Waals surface area contributed by atoms with Gasteiger partial charge in [-0.2, -0.15) is 0 Å². The molecule has 2 nitrogen and oxygen atoms in total. The summed E-state index contributed by atoms with van der Waals surface area (Å²) in [6.45, 7) is 5.91. The van der Waals surface area contributed by atoms with Gasteiger partial charge in [0, 0.05) is 6.42 Å². The molecule has 0 aromatic heterocycles. The summed E-state index contributed by atoms with van der Waals surface area (Å²) in [4.78, 5) is 11.7. The van der Waals surface area contributed by atoms with E-state index in [1.165, 1.54) is 0 Å². The molecule has 0 saturated heterocycles. The molecule has 1 heterocycles. The molecule has 0 amide bonds. The van der Waals surface area contributed by atoms with E-state index in [1.807, 2.05) is 32.9 Å². The summed E-state index contributed by atoms with van der Waals surface area (Å²) in [6, 6.07) is 3.96. The summed E-state index contributed by atoms with van der Waals surface area (Å²) in [5.74, 6) is 0.977. The molecule has 0 bridgehead atoms. The van der Waals surface area contributed by atoms with E-state index in [0.717, 1.165) is 22.4 Å². The van der Waals surface area contributed by atoms with Crippen molar-refractivity contribution in [1.29, 1.82) is 0 Å². The van der Waals surface area contributed by atoms with Gasteiger partial charge in [0.25, 0.3) is 0 Å². The average Bonchev–Trinajstić information content (AvgIpc) is 2.07. The highest BCUT2D eigenvalue weighted by molar-refractivity contribution is 6.00. The molecule has 0 unspecified atom stereocenters. The molecule has 0 radical (unpaired) electrons. The molecule has 2 heteroatoms. The van der Waals surface area contributed by atoms with E-state index >= 15 is 0 Å². The minimum Gasteiger partial charge on any atom is -0.489 e. The van der Waals surface area contributed by atoms with Crippen LogP contribution in [0.2, 0.25) is 0 Å². The van der Waals surface area contributed by atoms with Crippen LogP contribution in [0.15, 0.2) is 12.1 Å². The normalized spacial score (nSPS) is 20.2. The first kappa shape index (κ1) is 9.25. The quantitative estimate of drug-likeness (QED) is 0.628. The standard InChI is InChI=1S/C12H14O2/c1-7-4-8(2)12-10(5-7)11(13)6-9(3)14-12/h4-5,9H,6H2,1-3H3/t9-/m1/s1. The number of hydrogen-bond acceptors (Lipinski definition) is 2. The minimum absolute atomic E-state index is 0.0106. The first-order valence-electron chi connectivity index (χ1n) is 4.89. The molecule has 1 aliphatic heterocycles. The van der Waals surface area contributed by atoms with Gasteiger partial charge in [-0.1, -0.05) is 6.07 Å². The van der Waals surface area contributed by atoms with Crippen molar-refractivity contribution in [3.05, 3.63) is 28.8 Å². The number of ketones is 1. The van der Waals surface area contributed by atoms with Crippen LogP contribution in [-0.4, -0.2) is 11.9 Å². The van der Waals surface area contributed by atoms with Gasteiger partial charge in [0.2, 0.25) is 0 Å². The zero-order valence-corrected chi connectivity index (χ0v) is 8.76. The number of hydrogen-bond donors (Lipinski definition) is 0. The Bertz CT molecular complexity index is 394. The summed E-state index contributed by atoms with van der Waals surface area (Å²) in [6.07, 6.45) is 0.506. The second kappa shape index (κ2) is 3.12. The van der Waals surface area contributed by atoms with Crippen molar-refractivity contribution in [2.45, 2.75) is 33.3 Å². The Kier molecular flexibility index (Phi) is 2.06. The number of carbonyl (C=O) groups is 1. The van der Waals surface area contributed by atoms with E-state index in [4.69, 9.17) is 4.74 Å². The molecule has 1 atom stereocenters. The van der Waals surface area contributed by atoms with Crippen LogP contribution >= 0.6 is 0 Å². The lowest BCUT2D eigenvalue weighted by Gasteiger charge is -2.24. The van der Waals surface area contributed by atoms with E-state index in [2.05, 4.69) is 0 Å². The maximum atomic E-state index is 11.7. The van der Waals surface area contributed by atoms with E-state index in [-0.39, 0.29) is 11.9 Å². The summed E-state index contributed by atoms with van der Waals surface area (Å²) in [5, 5.41) is 0. The first-order chi connectivity index (χ1) is 6.58. The summed E-state index contributed by atoms with van der Waals surface area (Å²) in [5.41, 5.74) is 2.92. The molecule has 1 aliphatic rings. The van der Waals surface area contributed by atoms with Gasteiger partial charge in [-0.15, -0.1) is 0 Å². The number of aryl methyl sites for hydroxylation is 2. The third kappa shape index (κ3) is 1.41. The van der Waals surface area contributed by atoms with E-state index in [1.54, 1.807) is 0 Å². The number of fused-ring (bicyclic) bond motifs is 1. The van der Waals surface area contributed by atoms with E-state index in [9.17, 15) is 4.79 Å². The molecule has 0 aliphatic carbocycles. The fourth-order valence-electron chi connectivity index (χ4n) is 1.93. The number of ether oxygens (including phenoxy) is 1. The van der Waals surface area contributed by atoms with Gasteiger partial charge in [0.1, 0.15) is 11.9 Å². The van der Waals surface area contributed by atoms with Crippen LogP contribution in [0, 0.1) is 13.8 Å². The van der Waals surface area contributed by atoms with E-state index < -0.39 is 0 Å². The third-order valence-corrected chi connectivity index (χ3v) is 2.51. The molecule has 0 N–H and O–H groups in total. The minimum atomic E-state index is 0.0106. The Balaban J connectivity index is 2.59. The van der Waals surface area contributed by atoms with Crippen LogP contribution in [0.25, 0.3) is 0 Å². The summed E-state index contributed by atoms with van der Waals surface area (Å²) in [7, 11) is 0. The van der Waals surface area contributed by atoms with Crippen molar-refractivity contribution in [3.8, 4) is 5.75 Å². The van der Waals surface area contributed by atoms with Gasteiger partial charge in [-0.3, -0.25) is 4.79 Å². The fourth-order valence-corrected chi connectivity index (χ4v) is 1.93. The molecule has 0 fully saturated rings. The second-order valence-electron chi connectivity index (χ2n) is 4.01. The number of benzene rings is 1. The van der Waals surface area contributed by atoms with Crippen molar-refractivity contribution in [3.63, 3.8) is 0 Å². The zero-order valence-electron chi connectivity index (χ0n) is 8.76. The van der Waals surface area contributed by atoms with Gasteiger partial charge in [-0.05, 0) is 38.0 Å². The van der Waals surface area contributed by atoms with Crippen LogP contribution in [0.4, 0.5) is 0 Å². The van der Waals surface area contributed by atoms with Crippen LogP contribution in [-0.2, 0) is 0 Å². The third-order valence-electron chi connectivity index (χ3n) is 2.51. The molecule has 74 valence electrons. The first-order valence-corrected chi connectivity index (χ1v) is 4.89. The average molecular weight is 190 g/mol. The smallest absolute Gasteiger partial charge is 0.170 e. The van der Waals surface area contributed by atoms with Crippen molar-refractivity contribution in [2.75, 3.05) is 0 Å². The lowest BCUT2D eigenvalue weighted by Crippen LogP contribution is -2.24. The molecule has 1 aromatic rings. The largest absolute Gasteiger partial charge is 0.489 e. The summed E-state index contributed by atoms with van der Waals surface area (Å²) >= 11 is 0. The maximum absolute atomic E-state index is 11.7. The molecule has 14 heavy (non-hydrogen) atoms. The second-order valence-corrected chi connectivity index (χ2v) is 4.01. The lowest BCUT2D eigenvalue weighted by atomic mass is 9.97. The van der Waals surface area contributed by atoms with Gasteiger partial charge < -0.3 is 4.74 Å². The van der Waals surface area contributed by atoms with Crippen LogP contribution in [0.3, 0.4) is 0 Å². The van der Waals surface area contributed by atoms with Gasteiger partial charge in [-0.25, -0.2) is 0 Å². The van der Waals surface area contributed by atoms with Crippen LogP contribution in [0.5, 0.6) is 5.75 Å². The van der Waals surface area contributed by atoms with Crippen LogP contribution < -0.4 is 4.74 Å². The molecular weight excluding hydrogens is 176 g/mol. The Labute approximate surface area is 83.9 Å². The SMILES string of the molecule is Cc1cc(C)c2c(c1)C(=O)C[C@@H](C)O2. The maximum Gasteiger partial charge on any atom is 0.170 e. The highest BCUT2D eigenvalue weighted by atomic mass is 16.5. The predicted molar refractivity (Wildman–Crippen MR) is 55.0 cm³/mol. The zero-order chi connectivity index (χ0) is 10.3. The molecule has 1 aromatic carbocycles. The van der Waals surface area contributed by atoms with Crippen molar-refractivity contribution >= 4 is 5.78 Å².